The van der Waals surface area contributed by atoms with Crippen molar-refractivity contribution in [3.8, 4) is 0 Å². The smallest absolute Gasteiger partial charge is 0.233 e. The second kappa shape index (κ2) is 8.31. The Hall–Kier alpha value is -1.18. The molecule has 0 radical (unpaired) electrons. The van der Waals surface area contributed by atoms with Crippen LogP contribution in [0.15, 0.2) is 0 Å². The van der Waals surface area contributed by atoms with Crippen LogP contribution in [0.2, 0.25) is 0 Å². The van der Waals surface area contributed by atoms with Gasteiger partial charge in [0.2, 0.25) is 11.8 Å². The number of carbonyl (C=O) groups is 2. The number of rotatable bonds is 3. The summed E-state index contributed by atoms with van der Waals surface area (Å²) >= 11 is 0. The zero-order chi connectivity index (χ0) is 16.0. The molecule has 0 aromatic carbocycles. The number of hydrogen-bond acceptors (Lipinski definition) is 5. The average molecular weight is 299 g/mol. The Labute approximate surface area is 128 Å². The standard InChI is InChI=1S/C14H29N5O2/c1-6-17-7-9-18(15(4)13(2)20)11-12-19(10-8-17)16(5)14(3)21/h6-12H2,1-5H3. The van der Waals surface area contributed by atoms with E-state index in [2.05, 4.69) is 21.8 Å². The molecule has 0 N–H and O–H groups in total. The molecule has 0 unspecified atom stereocenters. The monoisotopic (exact) mass is 299 g/mol. The van der Waals surface area contributed by atoms with E-state index in [9.17, 15) is 9.59 Å². The van der Waals surface area contributed by atoms with Gasteiger partial charge >= 0.3 is 0 Å². The molecule has 1 aliphatic rings. The third kappa shape index (κ3) is 5.26. The molecule has 1 saturated heterocycles. The lowest BCUT2D eigenvalue weighted by Crippen LogP contribution is -2.50. The average Bonchev–Trinajstić information content (AvgIpc) is 2.55. The predicted molar refractivity (Wildman–Crippen MR) is 82.1 cm³/mol. The maximum atomic E-state index is 11.6. The third-order valence-electron chi connectivity index (χ3n) is 4.17. The summed E-state index contributed by atoms with van der Waals surface area (Å²) in [6.07, 6.45) is 0. The van der Waals surface area contributed by atoms with Crippen molar-refractivity contribution in [2.45, 2.75) is 20.8 Å². The second-order valence-electron chi connectivity index (χ2n) is 5.43. The molecule has 2 amide bonds. The first-order valence-corrected chi connectivity index (χ1v) is 7.57. The summed E-state index contributed by atoms with van der Waals surface area (Å²) in [4.78, 5) is 25.5. The highest BCUT2D eigenvalue weighted by molar-refractivity contribution is 5.72. The largest absolute Gasteiger partial charge is 0.301 e. The van der Waals surface area contributed by atoms with Crippen LogP contribution in [-0.4, -0.2) is 96.7 Å². The number of hydrogen-bond donors (Lipinski definition) is 0. The van der Waals surface area contributed by atoms with Gasteiger partial charge in [-0.1, -0.05) is 6.92 Å². The van der Waals surface area contributed by atoms with Crippen LogP contribution in [0.1, 0.15) is 20.8 Å². The highest BCUT2D eigenvalue weighted by Crippen LogP contribution is 2.05. The van der Waals surface area contributed by atoms with Crippen LogP contribution in [0, 0.1) is 0 Å². The van der Waals surface area contributed by atoms with Crippen LogP contribution in [0.4, 0.5) is 0 Å². The van der Waals surface area contributed by atoms with E-state index in [0.29, 0.717) is 0 Å². The third-order valence-corrected chi connectivity index (χ3v) is 4.17. The molecule has 122 valence electrons. The summed E-state index contributed by atoms with van der Waals surface area (Å²) in [7, 11) is 3.60. The Morgan fingerprint density at radius 3 is 1.43 bits per heavy atom. The Balaban J connectivity index is 2.80. The minimum Gasteiger partial charge on any atom is -0.301 e. The molecule has 0 aliphatic carbocycles. The van der Waals surface area contributed by atoms with E-state index >= 15 is 0 Å². The SMILES string of the molecule is CCN1CCN(N(C)C(C)=O)CCN(N(C)C(C)=O)CC1. The molecule has 0 spiro atoms. The molecule has 21 heavy (non-hydrogen) atoms. The van der Waals surface area contributed by atoms with Crippen molar-refractivity contribution < 1.29 is 9.59 Å². The first-order chi connectivity index (χ1) is 9.86. The van der Waals surface area contributed by atoms with Crippen molar-refractivity contribution in [2.24, 2.45) is 0 Å². The highest BCUT2D eigenvalue weighted by Gasteiger charge is 2.22. The second-order valence-corrected chi connectivity index (χ2v) is 5.43. The fourth-order valence-corrected chi connectivity index (χ4v) is 2.39. The topological polar surface area (TPSA) is 50.3 Å². The first kappa shape index (κ1) is 17.9. The lowest BCUT2D eigenvalue weighted by molar-refractivity contribution is -0.149. The minimum absolute atomic E-state index is 0.0313. The molecule has 1 heterocycles. The van der Waals surface area contributed by atoms with E-state index in [-0.39, 0.29) is 11.8 Å². The Kier molecular flexibility index (Phi) is 7.07. The molecule has 0 atom stereocenters. The Morgan fingerprint density at radius 2 is 1.14 bits per heavy atom. The van der Waals surface area contributed by atoms with E-state index in [1.54, 1.807) is 38.0 Å². The molecule has 1 aliphatic heterocycles. The van der Waals surface area contributed by atoms with E-state index in [1.165, 1.54) is 0 Å². The fraction of sp³-hybridized carbons (Fsp3) is 0.857. The van der Waals surface area contributed by atoms with Gasteiger partial charge in [0.25, 0.3) is 0 Å². The van der Waals surface area contributed by atoms with Gasteiger partial charge in [-0.15, -0.1) is 0 Å². The van der Waals surface area contributed by atoms with E-state index in [0.717, 1.165) is 45.8 Å². The van der Waals surface area contributed by atoms with E-state index < -0.39 is 0 Å². The summed E-state index contributed by atoms with van der Waals surface area (Å²) in [6, 6.07) is 0. The molecular weight excluding hydrogens is 270 g/mol. The van der Waals surface area contributed by atoms with Crippen LogP contribution in [0.25, 0.3) is 0 Å². The van der Waals surface area contributed by atoms with Gasteiger partial charge in [0.1, 0.15) is 0 Å². The summed E-state index contributed by atoms with van der Waals surface area (Å²) in [6.45, 7) is 11.2. The molecule has 0 aromatic heterocycles. The van der Waals surface area contributed by atoms with Crippen molar-refractivity contribution in [3.63, 3.8) is 0 Å². The predicted octanol–water partition coefficient (Wildman–Crippen LogP) is -0.287. The zero-order valence-corrected chi connectivity index (χ0v) is 14.0. The van der Waals surface area contributed by atoms with Crippen molar-refractivity contribution in [2.75, 3.05) is 59.9 Å². The Morgan fingerprint density at radius 1 is 0.810 bits per heavy atom. The quantitative estimate of drug-likeness (QED) is 0.717. The summed E-state index contributed by atoms with van der Waals surface area (Å²) in [5.41, 5.74) is 0. The summed E-state index contributed by atoms with van der Waals surface area (Å²) < 4.78 is 0. The lowest BCUT2D eigenvalue weighted by atomic mass is 10.4. The number of hydrazine groups is 2. The summed E-state index contributed by atoms with van der Waals surface area (Å²) in [5.74, 6) is 0.0625. The van der Waals surface area contributed by atoms with Crippen LogP contribution < -0.4 is 0 Å². The molecule has 0 aromatic rings. The van der Waals surface area contributed by atoms with Crippen LogP contribution in [0.5, 0.6) is 0 Å². The van der Waals surface area contributed by atoms with Crippen LogP contribution in [0.3, 0.4) is 0 Å². The maximum Gasteiger partial charge on any atom is 0.233 e. The van der Waals surface area contributed by atoms with E-state index in [4.69, 9.17) is 0 Å². The molecule has 1 rings (SSSR count). The van der Waals surface area contributed by atoms with Crippen LogP contribution >= 0.6 is 0 Å². The number of nitrogens with zero attached hydrogens (tertiary/aromatic N) is 5. The van der Waals surface area contributed by atoms with Gasteiger partial charge in [0.15, 0.2) is 0 Å². The molecule has 7 heteroatoms. The minimum atomic E-state index is 0.0313. The highest BCUT2D eigenvalue weighted by atomic mass is 16.2. The van der Waals surface area contributed by atoms with Crippen molar-refractivity contribution in [1.29, 1.82) is 0 Å². The lowest BCUT2D eigenvalue weighted by Gasteiger charge is -2.34. The van der Waals surface area contributed by atoms with Gasteiger partial charge in [0, 0.05) is 67.2 Å². The first-order valence-electron chi connectivity index (χ1n) is 7.57. The number of likely N-dealkylation sites (N-methyl/N-ethyl adjacent to an activating group) is 1. The van der Waals surface area contributed by atoms with Crippen LogP contribution in [-0.2, 0) is 9.59 Å². The van der Waals surface area contributed by atoms with Gasteiger partial charge in [-0.2, -0.15) is 0 Å². The van der Waals surface area contributed by atoms with Gasteiger partial charge < -0.3 is 4.90 Å². The molecule has 0 saturated carbocycles. The summed E-state index contributed by atoms with van der Waals surface area (Å²) in [5, 5.41) is 7.45. The van der Waals surface area contributed by atoms with Gasteiger partial charge in [-0.3, -0.25) is 19.6 Å². The van der Waals surface area contributed by atoms with Gasteiger partial charge in [-0.05, 0) is 6.54 Å². The number of amides is 2. The maximum absolute atomic E-state index is 11.6. The van der Waals surface area contributed by atoms with Crippen molar-refractivity contribution >= 4 is 11.8 Å². The zero-order valence-electron chi connectivity index (χ0n) is 14.0. The molecule has 1 fully saturated rings. The molecule has 7 nitrogen and oxygen atoms in total. The van der Waals surface area contributed by atoms with Gasteiger partial charge in [0.05, 0.1) is 0 Å². The fourth-order valence-electron chi connectivity index (χ4n) is 2.39. The van der Waals surface area contributed by atoms with Gasteiger partial charge in [-0.25, -0.2) is 10.0 Å². The van der Waals surface area contributed by atoms with Crippen molar-refractivity contribution in [1.82, 2.24) is 24.9 Å². The molecular formula is C14H29N5O2. The Bertz CT molecular complexity index is 331. The van der Waals surface area contributed by atoms with Crippen molar-refractivity contribution in [3.05, 3.63) is 0 Å². The normalized spacial score (nSPS) is 19.5. The number of carbonyl (C=O) groups excluding carboxylic acids is 2. The molecule has 0 bridgehead atoms. The van der Waals surface area contributed by atoms with E-state index in [1.807, 2.05) is 0 Å².